The van der Waals surface area contributed by atoms with Crippen molar-refractivity contribution in [2.24, 2.45) is 5.92 Å². The fourth-order valence-electron chi connectivity index (χ4n) is 4.05. The fourth-order valence-corrected chi connectivity index (χ4v) is 4.05. The van der Waals surface area contributed by atoms with Gasteiger partial charge in [-0.2, -0.15) is 0 Å². The number of piperidine rings is 1. The van der Waals surface area contributed by atoms with Crippen molar-refractivity contribution < 1.29 is 9.53 Å². The molecule has 0 spiro atoms. The number of hydrogen-bond donors (Lipinski definition) is 2. The quantitative estimate of drug-likeness (QED) is 0.712. The van der Waals surface area contributed by atoms with E-state index in [0.717, 1.165) is 37.2 Å². The van der Waals surface area contributed by atoms with Gasteiger partial charge in [-0.15, -0.1) is 0 Å². The van der Waals surface area contributed by atoms with Crippen molar-refractivity contribution in [3.8, 4) is 5.75 Å². The van der Waals surface area contributed by atoms with Crippen LogP contribution in [-0.2, 0) is 4.79 Å². The second kappa shape index (κ2) is 8.68. The molecule has 138 valence electrons. The van der Waals surface area contributed by atoms with E-state index in [1.165, 1.54) is 12.8 Å². The zero-order valence-corrected chi connectivity index (χ0v) is 15.5. The molecule has 0 aromatic heterocycles. The van der Waals surface area contributed by atoms with Crippen LogP contribution in [0.25, 0.3) is 0 Å². The largest absolute Gasteiger partial charge is 0.493 e. The van der Waals surface area contributed by atoms with E-state index in [0.29, 0.717) is 31.0 Å². The molecule has 1 amide bonds. The number of nitrogens with one attached hydrogen (secondary N) is 2. The summed E-state index contributed by atoms with van der Waals surface area (Å²) in [6.45, 7) is 1.70. The average Bonchev–Trinajstić information content (AvgIpc) is 2.90. The Balaban J connectivity index is 1.44. The molecule has 1 aromatic carbocycles. The summed E-state index contributed by atoms with van der Waals surface area (Å²) in [5.74, 6) is 1.46. The molecule has 2 heterocycles. The number of amides is 1. The topological polar surface area (TPSA) is 53.6 Å². The Hall–Kier alpha value is -1.59. The first-order valence-corrected chi connectivity index (χ1v) is 9.52. The van der Waals surface area contributed by atoms with Crippen LogP contribution in [0.2, 0.25) is 0 Å². The summed E-state index contributed by atoms with van der Waals surface area (Å²) >= 11 is 0. The van der Waals surface area contributed by atoms with Crippen molar-refractivity contribution in [2.45, 2.75) is 50.6 Å². The van der Waals surface area contributed by atoms with Gasteiger partial charge in [0, 0.05) is 36.8 Å². The number of fused-ring (bicyclic) bond motifs is 2. The van der Waals surface area contributed by atoms with Gasteiger partial charge in [-0.05, 0) is 64.3 Å². The van der Waals surface area contributed by atoms with Gasteiger partial charge >= 0.3 is 0 Å². The standard InChI is InChI=1S/C20H31N3O2/c1-23(2)9-4-10-25-19-6-3-5-16(14-19)22-20(24)13-15-11-17-7-8-18(12-15)21-17/h3,5-6,14-15,17-18,21H,4,7-13H2,1-2H3,(H,22,24). The molecule has 2 atom stereocenters. The van der Waals surface area contributed by atoms with Crippen LogP contribution in [0.4, 0.5) is 5.69 Å². The lowest BCUT2D eigenvalue weighted by Crippen LogP contribution is -2.39. The van der Waals surface area contributed by atoms with Crippen molar-refractivity contribution in [1.29, 1.82) is 0 Å². The second-order valence-electron chi connectivity index (χ2n) is 7.76. The van der Waals surface area contributed by atoms with E-state index in [2.05, 4.69) is 29.6 Å². The van der Waals surface area contributed by atoms with Crippen LogP contribution in [0.1, 0.15) is 38.5 Å². The lowest BCUT2D eigenvalue weighted by atomic mass is 9.89. The summed E-state index contributed by atoms with van der Waals surface area (Å²) < 4.78 is 5.78. The summed E-state index contributed by atoms with van der Waals surface area (Å²) in [6.07, 6.45) is 6.44. The molecule has 2 bridgehead atoms. The van der Waals surface area contributed by atoms with Crippen LogP contribution in [0, 0.1) is 5.92 Å². The van der Waals surface area contributed by atoms with Gasteiger partial charge in [-0.3, -0.25) is 4.79 Å². The molecule has 2 N–H and O–H groups in total. The van der Waals surface area contributed by atoms with Gasteiger partial charge in [-0.1, -0.05) is 6.07 Å². The van der Waals surface area contributed by atoms with E-state index in [4.69, 9.17) is 4.74 Å². The van der Waals surface area contributed by atoms with Crippen LogP contribution in [0.15, 0.2) is 24.3 Å². The van der Waals surface area contributed by atoms with E-state index in [1.807, 2.05) is 24.3 Å². The molecule has 2 fully saturated rings. The highest BCUT2D eigenvalue weighted by molar-refractivity contribution is 5.91. The van der Waals surface area contributed by atoms with Gasteiger partial charge < -0.3 is 20.3 Å². The number of nitrogens with zero attached hydrogens (tertiary/aromatic N) is 1. The average molecular weight is 345 g/mol. The monoisotopic (exact) mass is 345 g/mol. The lowest BCUT2D eigenvalue weighted by molar-refractivity contribution is -0.117. The molecule has 0 saturated carbocycles. The highest BCUT2D eigenvalue weighted by Gasteiger charge is 2.34. The number of carbonyl (C=O) groups excluding carboxylic acids is 1. The first kappa shape index (κ1) is 18.2. The Kier molecular flexibility index (Phi) is 6.32. The minimum atomic E-state index is 0.121. The van der Waals surface area contributed by atoms with Crippen molar-refractivity contribution >= 4 is 11.6 Å². The number of anilines is 1. The summed E-state index contributed by atoms with van der Waals surface area (Å²) in [5.41, 5.74) is 0.826. The number of carbonyl (C=O) groups is 1. The van der Waals surface area contributed by atoms with Crippen LogP contribution in [0.5, 0.6) is 5.75 Å². The Morgan fingerprint density at radius 3 is 2.76 bits per heavy atom. The zero-order chi connectivity index (χ0) is 17.6. The maximum Gasteiger partial charge on any atom is 0.224 e. The molecule has 1 aromatic rings. The van der Waals surface area contributed by atoms with Gasteiger partial charge in [0.2, 0.25) is 5.91 Å². The second-order valence-corrected chi connectivity index (χ2v) is 7.76. The van der Waals surface area contributed by atoms with Crippen LogP contribution in [-0.4, -0.2) is 50.1 Å². The Morgan fingerprint density at radius 1 is 1.28 bits per heavy atom. The molecule has 5 heteroatoms. The third-order valence-electron chi connectivity index (χ3n) is 5.18. The molecule has 0 aliphatic carbocycles. The molecular formula is C20H31N3O2. The molecule has 2 unspecified atom stereocenters. The van der Waals surface area contributed by atoms with Crippen molar-refractivity contribution in [1.82, 2.24) is 10.2 Å². The summed E-state index contributed by atoms with van der Waals surface area (Å²) in [4.78, 5) is 14.5. The van der Waals surface area contributed by atoms with E-state index in [9.17, 15) is 4.79 Å². The molecule has 0 radical (unpaired) electrons. The number of hydrogen-bond acceptors (Lipinski definition) is 4. The smallest absolute Gasteiger partial charge is 0.224 e. The van der Waals surface area contributed by atoms with Gasteiger partial charge in [0.05, 0.1) is 6.61 Å². The minimum Gasteiger partial charge on any atom is -0.493 e. The molecule has 3 rings (SSSR count). The fraction of sp³-hybridized carbons (Fsp3) is 0.650. The highest BCUT2D eigenvalue weighted by atomic mass is 16.5. The normalized spacial score (nSPS) is 25.2. The van der Waals surface area contributed by atoms with Crippen LogP contribution in [0.3, 0.4) is 0 Å². The third-order valence-corrected chi connectivity index (χ3v) is 5.18. The predicted octanol–water partition coefficient (Wildman–Crippen LogP) is 2.88. The van der Waals surface area contributed by atoms with Gasteiger partial charge in [0.1, 0.15) is 5.75 Å². The van der Waals surface area contributed by atoms with Crippen LogP contribution < -0.4 is 15.4 Å². The van der Waals surface area contributed by atoms with E-state index >= 15 is 0 Å². The van der Waals surface area contributed by atoms with Crippen molar-refractivity contribution in [2.75, 3.05) is 32.6 Å². The van der Waals surface area contributed by atoms with Crippen molar-refractivity contribution in [3.05, 3.63) is 24.3 Å². The highest BCUT2D eigenvalue weighted by Crippen LogP contribution is 2.32. The lowest BCUT2D eigenvalue weighted by Gasteiger charge is -2.28. The van der Waals surface area contributed by atoms with E-state index < -0.39 is 0 Å². The minimum absolute atomic E-state index is 0.121. The molecule has 2 aliphatic rings. The molecular weight excluding hydrogens is 314 g/mol. The molecule has 2 saturated heterocycles. The first-order chi connectivity index (χ1) is 12.1. The molecule has 25 heavy (non-hydrogen) atoms. The van der Waals surface area contributed by atoms with Gasteiger partial charge in [0.15, 0.2) is 0 Å². The maximum absolute atomic E-state index is 12.4. The Morgan fingerprint density at radius 2 is 2.04 bits per heavy atom. The summed E-state index contributed by atoms with van der Waals surface area (Å²) in [7, 11) is 4.12. The SMILES string of the molecule is CN(C)CCCOc1cccc(NC(=O)CC2CC3CCC(C2)N3)c1. The van der Waals surface area contributed by atoms with Gasteiger partial charge in [0.25, 0.3) is 0 Å². The maximum atomic E-state index is 12.4. The van der Waals surface area contributed by atoms with Crippen molar-refractivity contribution in [3.63, 3.8) is 0 Å². The van der Waals surface area contributed by atoms with Gasteiger partial charge in [-0.25, -0.2) is 0 Å². The van der Waals surface area contributed by atoms with Crippen LogP contribution >= 0.6 is 0 Å². The number of benzene rings is 1. The third kappa shape index (κ3) is 5.72. The van der Waals surface area contributed by atoms with E-state index in [-0.39, 0.29) is 5.91 Å². The Bertz CT molecular complexity index is 564. The number of rotatable bonds is 8. The van der Waals surface area contributed by atoms with E-state index in [1.54, 1.807) is 0 Å². The Labute approximate surface area is 151 Å². The summed E-state index contributed by atoms with van der Waals surface area (Å²) in [6, 6.07) is 8.99. The number of ether oxygens (including phenoxy) is 1. The zero-order valence-electron chi connectivity index (χ0n) is 15.5. The predicted molar refractivity (Wildman–Crippen MR) is 101 cm³/mol. The molecule has 5 nitrogen and oxygen atoms in total. The first-order valence-electron chi connectivity index (χ1n) is 9.52. The summed E-state index contributed by atoms with van der Waals surface area (Å²) in [5, 5.41) is 6.67. The molecule has 2 aliphatic heterocycles.